The van der Waals surface area contributed by atoms with Crippen LogP contribution in [0.15, 0.2) is 29.2 Å². The van der Waals surface area contributed by atoms with E-state index in [-0.39, 0.29) is 17.3 Å². The molecule has 1 heterocycles. The van der Waals surface area contributed by atoms with Crippen LogP contribution in [0.1, 0.15) is 39.5 Å². The molecular formula is C17H26FN3O3S. The molecule has 0 saturated carbocycles. The summed E-state index contributed by atoms with van der Waals surface area (Å²) in [6.07, 6.45) is 2.67. The molecule has 1 aromatic carbocycles. The van der Waals surface area contributed by atoms with Crippen molar-refractivity contribution >= 4 is 15.9 Å². The molecule has 0 aromatic heterocycles. The first kappa shape index (κ1) is 19.8. The van der Waals surface area contributed by atoms with Gasteiger partial charge in [-0.3, -0.25) is 4.79 Å². The number of halogens is 1. The Morgan fingerprint density at radius 2 is 2.20 bits per heavy atom. The average Bonchev–Trinajstić information content (AvgIpc) is 2.54. The van der Waals surface area contributed by atoms with E-state index in [4.69, 9.17) is 5.73 Å². The molecule has 1 amide bonds. The van der Waals surface area contributed by atoms with Crippen LogP contribution >= 0.6 is 0 Å². The van der Waals surface area contributed by atoms with E-state index in [0.717, 1.165) is 12.5 Å². The van der Waals surface area contributed by atoms with E-state index in [0.29, 0.717) is 25.8 Å². The first-order valence-corrected chi connectivity index (χ1v) is 10.00. The molecule has 1 aliphatic rings. The molecule has 0 aliphatic carbocycles. The number of piperidine rings is 1. The minimum Gasteiger partial charge on any atom is -0.340 e. The van der Waals surface area contributed by atoms with Crippen LogP contribution in [0.2, 0.25) is 0 Å². The van der Waals surface area contributed by atoms with Gasteiger partial charge < -0.3 is 10.6 Å². The average molecular weight is 371 g/mol. The Bertz CT molecular complexity index is 722. The maximum Gasteiger partial charge on any atom is 0.242 e. The molecule has 25 heavy (non-hydrogen) atoms. The minimum atomic E-state index is -3.84. The maximum atomic E-state index is 13.3. The molecule has 8 heteroatoms. The second kappa shape index (κ2) is 7.80. The Hall–Kier alpha value is -1.51. The number of nitrogens with two attached hydrogens (primary N) is 1. The first-order valence-electron chi connectivity index (χ1n) is 8.52. The Morgan fingerprint density at radius 3 is 2.84 bits per heavy atom. The van der Waals surface area contributed by atoms with Crippen LogP contribution in [0.5, 0.6) is 0 Å². The second-order valence-corrected chi connectivity index (χ2v) is 8.55. The van der Waals surface area contributed by atoms with E-state index in [1.165, 1.54) is 18.2 Å². The highest BCUT2D eigenvalue weighted by molar-refractivity contribution is 7.89. The minimum absolute atomic E-state index is 0.120. The summed E-state index contributed by atoms with van der Waals surface area (Å²) >= 11 is 0. The largest absolute Gasteiger partial charge is 0.340 e. The topological polar surface area (TPSA) is 92.5 Å². The molecule has 1 aromatic rings. The number of nitrogens with zero attached hydrogens (tertiary/aromatic N) is 1. The van der Waals surface area contributed by atoms with E-state index in [1.807, 2.05) is 6.92 Å². The van der Waals surface area contributed by atoms with Crippen molar-refractivity contribution in [3.63, 3.8) is 0 Å². The SMILES string of the molecule is CCCC(C)(N)C(=O)N1CCCC(NS(=O)(=O)c2cccc(F)c2)C1. The number of likely N-dealkylation sites (tertiary alicyclic amines) is 1. The summed E-state index contributed by atoms with van der Waals surface area (Å²) in [7, 11) is -3.84. The molecule has 2 unspecified atom stereocenters. The molecule has 0 bridgehead atoms. The highest BCUT2D eigenvalue weighted by Gasteiger charge is 2.35. The lowest BCUT2D eigenvalue weighted by atomic mass is 9.94. The fourth-order valence-electron chi connectivity index (χ4n) is 3.17. The summed E-state index contributed by atoms with van der Waals surface area (Å²) in [5, 5.41) is 0. The van der Waals surface area contributed by atoms with Crippen molar-refractivity contribution in [1.29, 1.82) is 0 Å². The van der Waals surface area contributed by atoms with Gasteiger partial charge in [0.15, 0.2) is 0 Å². The molecule has 2 atom stereocenters. The second-order valence-electron chi connectivity index (χ2n) is 6.84. The van der Waals surface area contributed by atoms with Crippen molar-refractivity contribution in [2.24, 2.45) is 5.73 Å². The van der Waals surface area contributed by atoms with Crippen molar-refractivity contribution in [2.45, 2.75) is 56.0 Å². The predicted octanol–water partition coefficient (Wildman–Crippen LogP) is 1.61. The van der Waals surface area contributed by atoms with Gasteiger partial charge in [-0.25, -0.2) is 17.5 Å². The van der Waals surface area contributed by atoms with Crippen LogP contribution in [-0.4, -0.2) is 43.9 Å². The van der Waals surface area contributed by atoms with E-state index < -0.39 is 27.4 Å². The van der Waals surface area contributed by atoms with E-state index in [2.05, 4.69) is 4.72 Å². The summed E-state index contributed by atoms with van der Waals surface area (Å²) in [6, 6.07) is 4.45. The Labute approximate surface area is 148 Å². The Balaban J connectivity index is 2.07. The fourth-order valence-corrected chi connectivity index (χ4v) is 4.46. The van der Waals surface area contributed by atoms with E-state index >= 15 is 0 Å². The lowest BCUT2D eigenvalue weighted by Gasteiger charge is -2.37. The zero-order valence-electron chi connectivity index (χ0n) is 14.7. The molecule has 1 saturated heterocycles. The third-order valence-electron chi connectivity index (χ3n) is 4.39. The van der Waals surface area contributed by atoms with Crippen LogP contribution in [-0.2, 0) is 14.8 Å². The van der Waals surface area contributed by atoms with Gasteiger partial charge in [0, 0.05) is 19.1 Å². The van der Waals surface area contributed by atoms with Gasteiger partial charge in [0.25, 0.3) is 0 Å². The van der Waals surface area contributed by atoms with Crippen LogP contribution in [0.25, 0.3) is 0 Å². The number of sulfonamides is 1. The lowest BCUT2D eigenvalue weighted by Crippen LogP contribution is -2.58. The highest BCUT2D eigenvalue weighted by Crippen LogP contribution is 2.19. The number of hydrogen-bond donors (Lipinski definition) is 2. The number of nitrogens with one attached hydrogen (secondary N) is 1. The summed E-state index contributed by atoms with van der Waals surface area (Å²) < 4.78 is 40.7. The van der Waals surface area contributed by atoms with Gasteiger partial charge in [0.05, 0.1) is 10.4 Å². The molecule has 0 spiro atoms. The van der Waals surface area contributed by atoms with Crippen molar-refractivity contribution in [2.75, 3.05) is 13.1 Å². The summed E-state index contributed by atoms with van der Waals surface area (Å²) in [4.78, 5) is 14.1. The van der Waals surface area contributed by atoms with Crippen LogP contribution in [0, 0.1) is 5.82 Å². The van der Waals surface area contributed by atoms with Gasteiger partial charge in [-0.2, -0.15) is 0 Å². The quantitative estimate of drug-likeness (QED) is 0.795. The Kier molecular flexibility index (Phi) is 6.18. The van der Waals surface area contributed by atoms with Crippen LogP contribution in [0.3, 0.4) is 0 Å². The fraction of sp³-hybridized carbons (Fsp3) is 0.588. The van der Waals surface area contributed by atoms with Crippen molar-refractivity contribution in [3.8, 4) is 0 Å². The summed E-state index contributed by atoms with van der Waals surface area (Å²) in [6.45, 7) is 4.50. The number of hydrogen-bond acceptors (Lipinski definition) is 4. The molecule has 2 rings (SSSR count). The van der Waals surface area contributed by atoms with Gasteiger partial charge in [0.1, 0.15) is 5.82 Å². The zero-order valence-corrected chi connectivity index (χ0v) is 15.5. The highest BCUT2D eigenvalue weighted by atomic mass is 32.2. The number of rotatable bonds is 6. The van der Waals surface area contributed by atoms with Gasteiger partial charge in [-0.05, 0) is 44.4 Å². The molecule has 0 radical (unpaired) electrons. The third-order valence-corrected chi connectivity index (χ3v) is 5.91. The smallest absolute Gasteiger partial charge is 0.242 e. The molecule has 6 nitrogen and oxygen atoms in total. The van der Waals surface area contributed by atoms with Gasteiger partial charge in [0.2, 0.25) is 15.9 Å². The normalized spacial score (nSPS) is 21.0. The summed E-state index contributed by atoms with van der Waals surface area (Å²) in [5.74, 6) is -0.772. The van der Waals surface area contributed by atoms with Crippen molar-refractivity contribution in [1.82, 2.24) is 9.62 Å². The van der Waals surface area contributed by atoms with Gasteiger partial charge >= 0.3 is 0 Å². The number of amides is 1. The van der Waals surface area contributed by atoms with Gasteiger partial charge in [-0.15, -0.1) is 0 Å². The number of benzene rings is 1. The third kappa shape index (κ3) is 4.99. The van der Waals surface area contributed by atoms with E-state index in [9.17, 15) is 17.6 Å². The molecule has 1 fully saturated rings. The van der Waals surface area contributed by atoms with Crippen LogP contribution in [0.4, 0.5) is 4.39 Å². The summed E-state index contributed by atoms with van der Waals surface area (Å²) in [5.41, 5.74) is 5.16. The first-order chi connectivity index (χ1) is 11.7. The molecule has 3 N–H and O–H groups in total. The number of carbonyl (C=O) groups is 1. The lowest BCUT2D eigenvalue weighted by molar-refractivity contribution is -0.138. The van der Waals surface area contributed by atoms with Crippen molar-refractivity contribution < 1.29 is 17.6 Å². The van der Waals surface area contributed by atoms with Gasteiger partial charge in [-0.1, -0.05) is 19.4 Å². The maximum absolute atomic E-state index is 13.3. The standard InChI is InChI=1S/C17H26FN3O3S/c1-3-9-17(2,19)16(22)21-10-5-7-14(12-21)20-25(23,24)15-8-4-6-13(18)11-15/h4,6,8,11,14,20H,3,5,7,9-10,12,19H2,1-2H3. The number of carbonyl (C=O) groups excluding carboxylic acids is 1. The molecule has 140 valence electrons. The Morgan fingerprint density at radius 1 is 1.48 bits per heavy atom. The van der Waals surface area contributed by atoms with E-state index in [1.54, 1.807) is 11.8 Å². The predicted molar refractivity (Wildman–Crippen MR) is 93.8 cm³/mol. The zero-order chi connectivity index (χ0) is 18.7. The van der Waals surface area contributed by atoms with Crippen molar-refractivity contribution in [3.05, 3.63) is 30.1 Å². The molecule has 1 aliphatic heterocycles. The molecular weight excluding hydrogens is 345 g/mol. The van der Waals surface area contributed by atoms with Crippen LogP contribution < -0.4 is 10.5 Å². The monoisotopic (exact) mass is 371 g/mol.